The highest BCUT2D eigenvalue weighted by atomic mass is 32.2. The number of nitrogens with two attached hydrogens (primary N) is 1. The van der Waals surface area contributed by atoms with Crippen LogP contribution in [-0.4, -0.2) is 53.8 Å². The summed E-state index contributed by atoms with van der Waals surface area (Å²) in [6.07, 6.45) is 3.53. The molecule has 1 saturated heterocycles. The Bertz CT molecular complexity index is 1270. The SMILES string of the molecule is Cc1cncc(-c2ccccc2)c1CSC[C@H]1O[C@@H](n2ccc3c(N)ncnc32)[C@H](O)[C@@H]1O. The van der Waals surface area contributed by atoms with Crippen molar-refractivity contribution in [1.82, 2.24) is 19.5 Å². The van der Waals surface area contributed by atoms with Crippen LogP contribution in [-0.2, 0) is 10.5 Å². The van der Waals surface area contributed by atoms with Crippen LogP contribution in [0.25, 0.3) is 22.2 Å². The molecule has 0 bridgehead atoms. The molecule has 5 rings (SSSR count). The Kier molecular flexibility index (Phi) is 6.03. The summed E-state index contributed by atoms with van der Waals surface area (Å²) < 4.78 is 7.79. The molecule has 1 aliphatic heterocycles. The molecular formula is C24H25N5O3S. The minimum Gasteiger partial charge on any atom is -0.387 e. The van der Waals surface area contributed by atoms with Gasteiger partial charge in [0.2, 0.25) is 0 Å². The van der Waals surface area contributed by atoms with Crippen molar-refractivity contribution < 1.29 is 14.9 Å². The molecule has 33 heavy (non-hydrogen) atoms. The molecule has 4 aromatic rings. The van der Waals surface area contributed by atoms with Crippen LogP contribution in [0.3, 0.4) is 0 Å². The lowest BCUT2D eigenvalue weighted by molar-refractivity contribution is -0.0285. The minimum absolute atomic E-state index is 0.362. The molecule has 0 radical (unpaired) electrons. The summed E-state index contributed by atoms with van der Waals surface area (Å²) in [5, 5.41) is 22.0. The molecule has 1 aromatic carbocycles. The van der Waals surface area contributed by atoms with Gasteiger partial charge in [-0.2, -0.15) is 11.8 Å². The predicted octanol–water partition coefficient (Wildman–Crippen LogP) is 2.94. The standard InChI is InChI=1S/C24H25N5O3S/c1-14-9-26-10-17(15-5-3-2-4-6-15)18(14)11-33-12-19-20(30)21(31)24(32-19)29-8-7-16-22(25)27-13-28-23(16)29/h2-10,13,19-21,24,30-31H,11-12H2,1H3,(H2,25,27,28)/t19-,20-,21-,24-/m1/s1. The van der Waals surface area contributed by atoms with Crippen molar-refractivity contribution in [2.24, 2.45) is 0 Å². The molecule has 4 atom stereocenters. The van der Waals surface area contributed by atoms with Crippen LogP contribution in [0.4, 0.5) is 5.82 Å². The van der Waals surface area contributed by atoms with E-state index in [0.717, 1.165) is 22.4 Å². The Hall–Kier alpha value is -2.98. The van der Waals surface area contributed by atoms with E-state index in [1.807, 2.05) is 30.6 Å². The number of pyridine rings is 1. The van der Waals surface area contributed by atoms with Gasteiger partial charge in [-0.3, -0.25) is 4.98 Å². The van der Waals surface area contributed by atoms with E-state index >= 15 is 0 Å². The molecule has 1 fully saturated rings. The highest BCUT2D eigenvalue weighted by Crippen LogP contribution is 2.35. The Morgan fingerprint density at radius 2 is 1.91 bits per heavy atom. The molecule has 9 heteroatoms. The van der Waals surface area contributed by atoms with Gasteiger partial charge in [-0.1, -0.05) is 30.3 Å². The number of aliphatic hydroxyl groups excluding tert-OH is 2. The monoisotopic (exact) mass is 463 g/mol. The summed E-state index contributed by atoms with van der Waals surface area (Å²) in [6.45, 7) is 2.06. The lowest BCUT2D eigenvalue weighted by Gasteiger charge is -2.17. The van der Waals surface area contributed by atoms with Gasteiger partial charge in [0, 0.05) is 35.7 Å². The number of benzene rings is 1. The number of hydrogen-bond acceptors (Lipinski definition) is 8. The number of nitrogen functional groups attached to an aromatic ring is 1. The van der Waals surface area contributed by atoms with Crippen LogP contribution in [0.5, 0.6) is 0 Å². The number of ether oxygens (including phenoxy) is 1. The van der Waals surface area contributed by atoms with E-state index < -0.39 is 24.5 Å². The Labute approximate surface area is 195 Å². The number of aromatic nitrogens is 4. The molecule has 4 heterocycles. The van der Waals surface area contributed by atoms with Gasteiger partial charge in [0.05, 0.1) is 11.5 Å². The van der Waals surface area contributed by atoms with Crippen molar-refractivity contribution >= 4 is 28.6 Å². The predicted molar refractivity (Wildman–Crippen MR) is 128 cm³/mol. The normalized spacial score (nSPS) is 22.8. The van der Waals surface area contributed by atoms with Gasteiger partial charge in [-0.05, 0) is 29.7 Å². The van der Waals surface area contributed by atoms with Crippen molar-refractivity contribution in [3.8, 4) is 11.1 Å². The van der Waals surface area contributed by atoms with Crippen molar-refractivity contribution in [2.75, 3.05) is 11.5 Å². The van der Waals surface area contributed by atoms with E-state index in [9.17, 15) is 10.2 Å². The largest absolute Gasteiger partial charge is 0.387 e. The Morgan fingerprint density at radius 3 is 2.73 bits per heavy atom. The number of aliphatic hydroxyl groups is 2. The first-order valence-corrected chi connectivity index (χ1v) is 11.9. The fourth-order valence-electron chi connectivity index (χ4n) is 4.22. The maximum atomic E-state index is 10.7. The fourth-order valence-corrected chi connectivity index (χ4v) is 5.43. The summed E-state index contributed by atoms with van der Waals surface area (Å²) in [5.74, 6) is 1.63. The van der Waals surface area contributed by atoms with Crippen molar-refractivity contribution in [3.05, 3.63) is 72.4 Å². The maximum Gasteiger partial charge on any atom is 0.164 e. The van der Waals surface area contributed by atoms with Gasteiger partial charge in [0.15, 0.2) is 6.23 Å². The average Bonchev–Trinajstić information content (AvgIpc) is 3.38. The molecule has 8 nitrogen and oxygen atoms in total. The molecular weight excluding hydrogens is 438 g/mol. The fraction of sp³-hybridized carbons (Fsp3) is 0.292. The molecule has 0 unspecified atom stereocenters. The maximum absolute atomic E-state index is 10.7. The summed E-state index contributed by atoms with van der Waals surface area (Å²) in [4.78, 5) is 12.6. The lowest BCUT2D eigenvalue weighted by atomic mass is 10.0. The van der Waals surface area contributed by atoms with Crippen molar-refractivity contribution in [3.63, 3.8) is 0 Å². The zero-order chi connectivity index (χ0) is 22.9. The van der Waals surface area contributed by atoms with E-state index in [-0.39, 0.29) is 0 Å². The summed E-state index contributed by atoms with van der Waals surface area (Å²) in [7, 11) is 0. The third kappa shape index (κ3) is 4.08. The number of anilines is 1. The van der Waals surface area contributed by atoms with Gasteiger partial charge >= 0.3 is 0 Å². The molecule has 0 saturated carbocycles. The topological polar surface area (TPSA) is 119 Å². The minimum atomic E-state index is -1.08. The average molecular weight is 464 g/mol. The van der Waals surface area contributed by atoms with E-state index in [1.54, 1.807) is 28.6 Å². The van der Waals surface area contributed by atoms with Crippen LogP contribution in [0, 0.1) is 6.92 Å². The smallest absolute Gasteiger partial charge is 0.164 e. The van der Waals surface area contributed by atoms with Gasteiger partial charge in [0.1, 0.15) is 30.0 Å². The van der Waals surface area contributed by atoms with E-state index in [0.29, 0.717) is 22.6 Å². The number of thioether (sulfide) groups is 1. The van der Waals surface area contributed by atoms with E-state index in [1.165, 1.54) is 11.9 Å². The first-order chi connectivity index (χ1) is 16.0. The quantitative estimate of drug-likeness (QED) is 0.399. The summed E-state index contributed by atoms with van der Waals surface area (Å²) in [6, 6.07) is 12.0. The highest BCUT2D eigenvalue weighted by Gasteiger charge is 2.43. The van der Waals surface area contributed by atoms with Crippen LogP contribution in [0.1, 0.15) is 17.4 Å². The first-order valence-electron chi connectivity index (χ1n) is 10.7. The van der Waals surface area contributed by atoms with Crippen LogP contribution < -0.4 is 5.73 Å². The summed E-state index contributed by atoms with van der Waals surface area (Å²) >= 11 is 1.66. The molecule has 170 valence electrons. The Morgan fingerprint density at radius 1 is 1.09 bits per heavy atom. The molecule has 1 aliphatic rings. The number of fused-ring (bicyclic) bond motifs is 1. The second-order valence-corrected chi connectivity index (χ2v) is 9.16. The second kappa shape index (κ2) is 9.11. The van der Waals surface area contributed by atoms with Crippen molar-refractivity contribution in [1.29, 1.82) is 0 Å². The van der Waals surface area contributed by atoms with Gasteiger partial charge in [0.25, 0.3) is 0 Å². The molecule has 0 amide bonds. The number of nitrogens with zero attached hydrogens (tertiary/aromatic N) is 4. The lowest BCUT2D eigenvalue weighted by Crippen LogP contribution is -2.32. The van der Waals surface area contributed by atoms with Crippen LogP contribution in [0.2, 0.25) is 0 Å². The summed E-state index contributed by atoms with van der Waals surface area (Å²) in [5.41, 5.74) is 11.0. The highest BCUT2D eigenvalue weighted by molar-refractivity contribution is 7.98. The number of rotatable bonds is 6. The van der Waals surface area contributed by atoms with Gasteiger partial charge < -0.3 is 25.3 Å². The third-order valence-electron chi connectivity index (χ3n) is 6.04. The second-order valence-electron chi connectivity index (χ2n) is 8.13. The van der Waals surface area contributed by atoms with Crippen LogP contribution in [0.15, 0.2) is 61.3 Å². The van der Waals surface area contributed by atoms with Crippen LogP contribution >= 0.6 is 11.8 Å². The number of hydrogen-bond donors (Lipinski definition) is 3. The molecule has 0 aliphatic carbocycles. The zero-order valence-electron chi connectivity index (χ0n) is 18.1. The Balaban J connectivity index is 1.30. The van der Waals surface area contributed by atoms with Gasteiger partial charge in [-0.25, -0.2) is 9.97 Å². The van der Waals surface area contributed by atoms with E-state index in [2.05, 4.69) is 34.0 Å². The van der Waals surface area contributed by atoms with Gasteiger partial charge in [-0.15, -0.1) is 0 Å². The van der Waals surface area contributed by atoms with Crippen molar-refractivity contribution in [2.45, 2.75) is 37.2 Å². The molecule has 4 N–H and O–H groups in total. The molecule has 3 aromatic heterocycles. The first kappa shape index (κ1) is 21.8. The zero-order valence-corrected chi connectivity index (χ0v) is 18.9. The molecule has 0 spiro atoms. The van der Waals surface area contributed by atoms with E-state index in [4.69, 9.17) is 10.5 Å². The number of aryl methyl sites for hydroxylation is 1. The third-order valence-corrected chi connectivity index (χ3v) is 7.09.